The molecule has 1 fully saturated rings. The maximum atomic E-state index is 5.39. The SMILES string of the molecule is CCCCCCCCNc1ccc(N2CCOCC2)cc1. The van der Waals surface area contributed by atoms with E-state index in [0.717, 1.165) is 32.8 Å². The van der Waals surface area contributed by atoms with Crippen molar-refractivity contribution in [3.05, 3.63) is 24.3 Å². The summed E-state index contributed by atoms with van der Waals surface area (Å²) in [4.78, 5) is 2.39. The highest BCUT2D eigenvalue weighted by atomic mass is 16.5. The molecule has 1 aromatic rings. The van der Waals surface area contributed by atoms with Gasteiger partial charge in [-0.3, -0.25) is 0 Å². The predicted octanol–water partition coefficient (Wildman–Crippen LogP) is 4.30. The van der Waals surface area contributed by atoms with Crippen molar-refractivity contribution in [3.63, 3.8) is 0 Å². The van der Waals surface area contributed by atoms with Gasteiger partial charge in [-0.25, -0.2) is 0 Å². The molecular formula is C18H30N2O. The summed E-state index contributed by atoms with van der Waals surface area (Å²) >= 11 is 0. The van der Waals surface area contributed by atoms with Gasteiger partial charge in [0.25, 0.3) is 0 Å². The highest BCUT2D eigenvalue weighted by Crippen LogP contribution is 2.19. The molecule has 3 heteroatoms. The zero-order valence-corrected chi connectivity index (χ0v) is 13.4. The van der Waals surface area contributed by atoms with E-state index in [2.05, 4.69) is 41.4 Å². The van der Waals surface area contributed by atoms with Crippen LogP contribution >= 0.6 is 0 Å². The maximum Gasteiger partial charge on any atom is 0.0642 e. The summed E-state index contributed by atoms with van der Waals surface area (Å²) in [5, 5.41) is 3.52. The van der Waals surface area contributed by atoms with Crippen LogP contribution in [0.2, 0.25) is 0 Å². The molecule has 0 aromatic heterocycles. The molecule has 21 heavy (non-hydrogen) atoms. The average Bonchev–Trinajstić information content (AvgIpc) is 2.55. The number of nitrogens with zero attached hydrogens (tertiary/aromatic N) is 1. The molecule has 0 bridgehead atoms. The summed E-state index contributed by atoms with van der Waals surface area (Å²) in [5.41, 5.74) is 2.55. The molecule has 0 aliphatic carbocycles. The molecule has 0 spiro atoms. The lowest BCUT2D eigenvalue weighted by molar-refractivity contribution is 0.122. The van der Waals surface area contributed by atoms with Crippen LogP contribution < -0.4 is 10.2 Å². The van der Waals surface area contributed by atoms with Crippen molar-refractivity contribution in [1.29, 1.82) is 0 Å². The molecule has 3 nitrogen and oxygen atoms in total. The van der Waals surface area contributed by atoms with Gasteiger partial charge in [0.1, 0.15) is 0 Å². The fourth-order valence-corrected chi connectivity index (χ4v) is 2.75. The van der Waals surface area contributed by atoms with Gasteiger partial charge in [0.2, 0.25) is 0 Å². The second-order valence-electron chi connectivity index (χ2n) is 5.84. The molecule has 1 saturated heterocycles. The number of morpholine rings is 1. The molecule has 2 rings (SSSR count). The molecular weight excluding hydrogens is 260 g/mol. The van der Waals surface area contributed by atoms with Gasteiger partial charge >= 0.3 is 0 Å². The van der Waals surface area contributed by atoms with E-state index in [4.69, 9.17) is 4.74 Å². The first kappa shape index (κ1) is 16.2. The van der Waals surface area contributed by atoms with E-state index in [-0.39, 0.29) is 0 Å². The van der Waals surface area contributed by atoms with Gasteiger partial charge in [0.05, 0.1) is 13.2 Å². The van der Waals surface area contributed by atoms with Crippen LogP contribution in [0.1, 0.15) is 45.4 Å². The normalized spacial score (nSPS) is 15.2. The Morgan fingerprint density at radius 1 is 0.952 bits per heavy atom. The lowest BCUT2D eigenvalue weighted by Crippen LogP contribution is -2.36. The Balaban J connectivity index is 1.63. The number of ether oxygens (including phenoxy) is 1. The zero-order chi connectivity index (χ0) is 14.8. The van der Waals surface area contributed by atoms with Crippen LogP contribution in [-0.4, -0.2) is 32.8 Å². The number of benzene rings is 1. The van der Waals surface area contributed by atoms with Crippen LogP contribution in [0.4, 0.5) is 11.4 Å². The van der Waals surface area contributed by atoms with Crippen LogP contribution in [0.3, 0.4) is 0 Å². The Kier molecular flexibility index (Phi) is 7.44. The quantitative estimate of drug-likeness (QED) is 0.686. The Hall–Kier alpha value is -1.22. The lowest BCUT2D eigenvalue weighted by Gasteiger charge is -2.28. The molecule has 0 saturated carbocycles. The van der Waals surface area contributed by atoms with E-state index in [1.807, 2.05) is 0 Å². The Morgan fingerprint density at radius 2 is 1.62 bits per heavy atom. The smallest absolute Gasteiger partial charge is 0.0642 e. The first-order chi connectivity index (χ1) is 10.4. The first-order valence-corrected chi connectivity index (χ1v) is 8.57. The summed E-state index contributed by atoms with van der Waals surface area (Å²) in [6.07, 6.45) is 8.11. The molecule has 0 amide bonds. The molecule has 0 atom stereocenters. The summed E-state index contributed by atoms with van der Waals surface area (Å²) in [7, 11) is 0. The van der Waals surface area contributed by atoms with E-state index in [1.165, 1.54) is 49.9 Å². The number of anilines is 2. The zero-order valence-electron chi connectivity index (χ0n) is 13.4. The standard InChI is InChI=1S/C18H30N2O/c1-2-3-4-5-6-7-12-19-17-8-10-18(11-9-17)20-13-15-21-16-14-20/h8-11,19H,2-7,12-16H2,1H3. The summed E-state index contributed by atoms with van der Waals surface area (Å²) in [6, 6.07) is 8.83. The Morgan fingerprint density at radius 3 is 2.33 bits per heavy atom. The van der Waals surface area contributed by atoms with Crippen LogP contribution in [0.5, 0.6) is 0 Å². The number of nitrogens with one attached hydrogen (secondary N) is 1. The van der Waals surface area contributed by atoms with E-state index in [9.17, 15) is 0 Å². The molecule has 118 valence electrons. The third kappa shape index (κ3) is 5.96. The van der Waals surface area contributed by atoms with Crippen molar-refractivity contribution in [2.75, 3.05) is 43.1 Å². The van der Waals surface area contributed by atoms with Crippen molar-refractivity contribution in [3.8, 4) is 0 Å². The fourth-order valence-electron chi connectivity index (χ4n) is 2.75. The molecule has 1 aliphatic heterocycles. The van der Waals surface area contributed by atoms with Crippen molar-refractivity contribution >= 4 is 11.4 Å². The summed E-state index contributed by atoms with van der Waals surface area (Å²) in [6.45, 7) is 7.05. The predicted molar refractivity (Wildman–Crippen MR) is 91.3 cm³/mol. The van der Waals surface area contributed by atoms with Crippen LogP contribution in [-0.2, 0) is 4.74 Å². The van der Waals surface area contributed by atoms with E-state index >= 15 is 0 Å². The third-order valence-corrected chi connectivity index (χ3v) is 4.10. The molecule has 0 unspecified atom stereocenters. The molecule has 1 heterocycles. The highest BCUT2D eigenvalue weighted by molar-refractivity contribution is 5.55. The van der Waals surface area contributed by atoms with E-state index in [0.29, 0.717) is 0 Å². The monoisotopic (exact) mass is 290 g/mol. The third-order valence-electron chi connectivity index (χ3n) is 4.10. The van der Waals surface area contributed by atoms with Crippen molar-refractivity contribution in [2.45, 2.75) is 45.4 Å². The van der Waals surface area contributed by atoms with Gasteiger partial charge < -0.3 is 15.0 Å². The highest BCUT2D eigenvalue weighted by Gasteiger charge is 2.10. The van der Waals surface area contributed by atoms with Gasteiger partial charge in [-0.2, -0.15) is 0 Å². The van der Waals surface area contributed by atoms with Crippen LogP contribution in [0.15, 0.2) is 24.3 Å². The van der Waals surface area contributed by atoms with Crippen LogP contribution in [0, 0.1) is 0 Å². The Labute approximate surface area is 129 Å². The fraction of sp³-hybridized carbons (Fsp3) is 0.667. The van der Waals surface area contributed by atoms with Gasteiger partial charge in [-0.1, -0.05) is 39.0 Å². The van der Waals surface area contributed by atoms with E-state index < -0.39 is 0 Å². The number of rotatable bonds is 9. The van der Waals surface area contributed by atoms with E-state index in [1.54, 1.807) is 0 Å². The van der Waals surface area contributed by atoms with Gasteiger partial charge in [-0.05, 0) is 30.7 Å². The van der Waals surface area contributed by atoms with Crippen molar-refractivity contribution in [1.82, 2.24) is 0 Å². The number of hydrogen-bond acceptors (Lipinski definition) is 3. The lowest BCUT2D eigenvalue weighted by atomic mass is 10.1. The first-order valence-electron chi connectivity index (χ1n) is 8.57. The average molecular weight is 290 g/mol. The molecule has 1 aromatic carbocycles. The summed E-state index contributed by atoms with van der Waals surface area (Å²) in [5.74, 6) is 0. The molecule has 1 N–H and O–H groups in total. The number of hydrogen-bond donors (Lipinski definition) is 1. The van der Waals surface area contributed by atoms with Gasteiger partial charge in [0.15, 0.2) is 0 Å². The minimum Gasteiger partial charge on any atom is -0.385 e. The number of unbranched alkanes of at least 4 members (excludes halogenated alkanes) is 5. The minimum atomic E-state index is 0.845. The topological polar surface area (TPSA) is 24.5 Å². The maximum absolute atomic E-state index is 5.39. The van der Waals surface area contributed by atoms with Gasteiger partial charge in [0, 0.05) is 31.0 Å². The Bertz CT molecular complexity index is 371. The van der Waals surface area contributed by atoms with Crippen molar-refractivity contribution in [2.24, 2.45) is 0 Å². The van der Waals surface area contributed by atoms with Crippen LogP contribution in [0.25, 0.3) is 0 Å². The minimum absolute atomic E-state index is 0.845. The van der Waals surface area contributed by atoms with Gasteiger partial charge in [-0.15, -0.1) is 0 Å². The second kappa shape index (κ2) is 9.67. The molecule has 0 radical (unpaired) electrons. The van der Waals surface area contributed by atoms with Crippen molar-refractivity contribution < 1.29 is 4.74 Å². The molecule has 1 aliphatic rings. The largest absolute Gasteiger partial charge is 0.385 e. The summed E-state index contributed by atoms with van der Waals surface area (Å²) < 4.78 is 5.39. The second-order valence-corrected chi connectivity index (χ2v) is 5.84.